The van der Waals surface area contributed by atoms with Crippen molar-refractivity contribution < 1.29 is 28.2 Å². The lowest BCUT2D eigenvalue weighted by Crippen LogP contribution is -2.24. The zero-order chi connectivity index (χ0) is 11.0. The van der Waals surface area contributed by atoms with Crippen LogP contribution in [0, 0.1) is 0 Å². The van der Waals surface area contributed by atoms with Crippen molar-refractivity contribution in [2.45, 2.75) is 20.1 Å². The van der Waals surface area contributed by atoms with Gasteiger partial charge in [-0.25, -0.2) is 4.79 Å². The van der Waals surface area contributed by atoms with Crippen molar-refractivity contribution in [3.63, 3.8) is 0 Å². The van der Waals surface area contributed by atoms with Crippen LogP contribution in [0.15, 0.2) is 0 Å². The highest BCUT2D eigenvalue weighted by Crippen LogP contribution is 2.40. The van der Waals surface area contributed by atoms with Crippen LogP contribution in [0.2, 0.25) is 0 Å². The number of carbonyl (C=O) groups is 1. The van der Waals surface area contributed by atoms with Crippen molar-refractivity contribution in [3.05, 3.63) is 0 Å². The highest BCUT2D eigenvalue weighted by atomic mass is 31.2. The molecule has 1 atom stereocenters. The summed E-state index contributed by atoms with van der Waals surface area (Å²) in [7, 11) is -0.404. The number of ether oxygens (including phenoxy) is 1. The molecular weight excluding hydrogens is 211 g/mol. The minimum Gasteiger partial charge on any atom is -0.477 e. The molecule has 0 amide bonds. The summed E-state index contributed by atoms with van der Waals surface area (Å²) in [5.41, 5.74) is 0. The highest BCUT2D eigenvalue weighted by molar-refractivity contribution is 7.41. The van der Waals surface area contributed by atoms with Crippen molar-refractivity contribution >= 4 is 14.6 Å². The lowest BCUT2D eigenvalue weighted by atomic mass is 10.7. The molecule has 0 bridgehead atoms. The zero-order valence-electron chi connectivity index (χ0n) is 8.43. The molecule has 14 heavy (non-hydrogen) atoms. The first-order valence-corrected chi connectivity index (χ1v) is 5.23. The van der Waals surface area contributed by atoms with Crippen LogP contribution in [0.3, 0.4) is 0 Å². The average molecular weight is 226 g/mol. The number of hydrogen-bond donors (Lipinski definition) is 1. The van der Waals surface area contributed by atoms with E-state index in [0.717, 1.165) is 0 Å². The Balaban J connectivity index is 4.03. The van der Waals surface area contributed by atoms with Crippen LogP contribution >= 0.6 is 8.60 Å². The van der Waals surface area contributed by atoms with Gasteiger partial charge in [-0.1, -0.05) is 0 Å². The Kier molecular flexibility index (Phi) is 7.93. The number of carboxylic acids is 1. The van der Waals surface area contributed by atoms with E-state index in [1.807, 2.05) is 0 Å². The van der Waals surface area contributed by atoms with Crippen LogP contribution in [-0.4, -0.2) is 37.7 Å². The van der Waals surface area contributed by atoms with Crippen LogP contribution < -0.4 is 0 Å². The second kappa shape index (κ2) is 8.08. The van der Waals surface area contributed by atoms with Gasteiger partial charge in [0.1, 0.15) is 0 Å². The molecular formula is C7H15O6P. The van der Waals surface area contributed by atoms with Gasteiger partial charge >= 0.3 is 14.6 Å². The summed E-state index contributed by atoms with van der Waals surface area (Å²) in [6.45, 7) is 4.31. The number of aliphatic carboxylic acids is 1. The first kappa shape index (κ1) is 13.7. The quantitative estimate of drug-likeness (QED) is 0.497. The molecule has 0 saturated heterocycles. The molecule has 0 aliphatic carbocycles. The molecule has 1 N–H and O–H groups in total. The summed E-state index contributed by atoms with van der Waals surface area (Å²) in [6, 6.07) is 0. The molecule has 0 aliphatic heterocycles. The third kappa shape index (κ3) is 5.47. The Morgan fingerprint density at radius 1 is 1.36 bits per heavy atom. The van der Waals surface area contributed by atoms with Gasteiger partial charge in [-0.15, -0.1) is 0 Å². The summed E-state index contributed by atoms with van der Waals surface area (Å²) >= 11 is 0. The molecule has 0 radical (unpaired) electrons. The largest absolute Gasteiger partial charge is 0.477 e. The summed E-state index contributed by atoms with van der Waals surface area (Å²) in [5, 5.41) is 8.61. The SMILES string of the molecule is CCOP(OCC)OC(OC)C(=O)O. The maximum Gasteiger partial charge on any atom is 0.361 e. The Labute approximate surface area is 84.1 Å². The van der Waals surface area contributed by atoms with Gasteiger partial charge in [-0.2, -0.15) is 0 Å². The van der Waals surface area contributed by atoms with E-state index < -0.39 is 20.9 Å². The molecule has 0 fully saturated rings. The van der Waals surface area contributed by atoms with Gasteiger partial charge < -0.3 is 18.9 Å². The highest BCUT2D eigenvalue weighted by Gasteiger charge is 2.24. The van der Waals surface area contributed by atoms with Crippen LogP contribution in [0.4, 0.5) is 0 Å². The van der Waals surface area contributed by atoms with Gasteiger partial charge in [-0.3, -0.25) is 4.52 Å². The first-order valence-electron chi connectivity index (χ1n) is 4.14. The van der Waals surface area contributed by atoms with E-state index in [4.69, 9.17) is 18.7 Å². The first-order chi connectivity index (χ1) is 6.65. The van der Waals surface area contributed by atoms with E-state index in [2.05, 4.69) is 4.74 Å². The average Bonchev–Trinajstić information content (AvgIpc) is 2.14. The van der Waals surface area contributed by atoms with E-state index in [0.29, 0.717) is 13.2 Å². The van der Waals surface area contributed by atoms with Crippen LogP contribution in [0.1, 0.15) is 13.8 Å². The molecule has 84 valence electrons. The van der Waals surface area contributed by atoms with Crippen molar-refractivity contribution in [1.82, 2.24) is 0 Å². The molecule has 0 spiro atoms. The molecule has 1 unspecified atom stereocenters. The maximum atomic E-state index is 10.5. The zero-order valence-corrected chi connectivity index (χ0v) is 9.32. The van der Waals surface area contributed by atoms with Crippen molar-refractivity contribution in [3.8, 4) is 0 Å². The number of carboxylic acid groups (broad SMARTS) is 1. The van der Waals surface area contributed by atoms with Gasteiger partial charge in [0.2, 0.25) is 0 Å². The van der Waals surface area contributed by atoms with Crippen LogP contribution in [0.5, 0.6) is 0 Å². The second-order valence-corrected chi connectivity index (χ2v) is 3.24. The molecule has 0 aromatic rings. The molecule has 0 aliphatic rings. The predicted octanol–water partition coefficient (Wildman–Crippen LogP) is 1.36. The third-order valence-corrected chi connectivity index (χ3v) is 2.37. The topological polar surface area (TPSA) is 74.2 Å². The van der Waals surface area contributed by atoms with E-state index in [9.17, 15) is 4.79 Å². The molecule has 0 aromatic heterocycles. The number of methoxy groups -OCH3 is 1. The molecule has 7 heteroatoms. The molecule has 0 saturated carbocycles. The lowest BCUT2D eigenvalue weighted by Gasteiger charge is -2.18. The van der Waals surface area contributed by atoms with Gasteiger partial charge in [0.15, 0.2) is 0 Å². The Hall–Kier alpha value is -0.260. The summed E-state index contributed by atoms with van der Waals surface area (Å²) < 4.78 is 19.6. The minimum atomic E-state index is -1.64. The van der Waals surface area contributed by atoms with Gasteiger partial charge in [0, 0.05) is 7.11 Å². The second-order valence-electron chi connectivity index (χ2n) is 2.07. The molecule has 0 rings (SSSR count). The van der Waals surface area contributed by atoms with Crippen LogP contribution in [0.25, 0.3) is 0 Å². The molecule has 0 heterocycles. The Morgan fingerprint density at radius 3 is 2.14 bits per heavy atom. The monoisotopic (exact) mass is 226 g/mol. The fourth-order valence-corrected chi connectivity index (χ4v) is 1.53. The standard InChI is InChI=1S/C7H15O6P/c1-4-11-14(12-5-2)13-7(10-3)6(8)9/h7H,4-5H2,1-3H3,(H,8,9). The van der Waals surface area contributed by atoms with E-state index in [1.165, 1.54) is 7.11 Å². The van der Waals surface area contributed by atoms with Crippen LogP contribution in [-0.2, 0) is 23.1 Å². The van der Waals surface area contributed by atoms with Crippen molar-refractivity contribution in [2.75, 3.05) is 20.3 Å². The Bertz CT molecular complexity index is 158. The summed E-state index contributed by atoms with van der Waals surface area (Å²) in [6.07, 6.45) is -1.35. The molecule has 6 nitrogen and oxygen atoms in total. The fraction of sp³-hybridized carbons (Fsp3) is 0.857. The summed E-state index contributed by atoms with van der Waals surface area (Å²) in [5.74, 6) is -1.21. The minimum absolute atomic E-state index is 0.391. The maximum absolute atomic E-state index is 10.5. The lowest BCUT2D eigenvalue weighted by molar-refractivity contribution is -0.168. The Morgan fingerprint density at radius 2 is 1.86 bits per heavy atom. The van der Waals surface area contributed by atoms with Gasteiger partial charge in [0.05, 0.1) is 13.2 Å². The smallest absolute Gasteiger partial charge is 0.361 e. The fourth-order valence-electron chi connectivity index (χ4n) is 0.576. The third-order valence-electron chi connectivity index (χ3n) is 1.07. The normalized spacial score (nSPS) is 13.1. The van der Waals surface area contributed by atoms with Gasteiger partial charge in [0.25, 0.3) is 6.29 Å². The van der Waals surface area contributed by atoms with Crippen molar-refractivity contribution in [2.24, 2.45) is 0 Å². The van der Waals surface area contributed by atoms with E-state index in [1.54, 1.807) is 13.8 Å². The predicted molar refractivity (Wildman–Crippen MR) is 49.7 cm³/mol. The van der Waals surface area contributed by atoms with Gasteiger partial charge in [-0.05, 0) is 13.8 Å². The number of rotatable bonds is 8. The van der Waals surface area contributed by atoms with Crippen molar-refractivity contribution in [1.29, 1.82) is 0 Å². The number of hydrogen-bond acceptors (Lipinski definition) is 5. The van der Waals surface area contributed by atoms with E-state index in [-0.39, 0.29) is 0 Å². The van der Waals surface area contributed by atoms with E-state index >= 15 is 0 Å². The summed E-state index contributed by atoms with van der Waals surface area (Å²) in [4.78, 5) is 10.5. The molecule has 0 aromatic carbocycles.